The number of benzene rings is 1. The summed E-state index contributed by atoms with van der Waals surface area (Å²) in [6.07, 6.45) is 2.43. The Labute approximate surface area is 126 Å². The topological polar surface area (TPSA) is 36.9 Å². The molecule has 1 unspecified atom stereocenters. The van der Waals surface area contributed by atoms with Crippen LogP contribution < -0.4 is 0 Å². The third kappa shape index (κ3) is 3.57. The summed E-state index contributed by atoms with van der Waals surface area (Å²) in [5.74, 6) is 1.63. The summed E-state index contributed by atoms with van der Waals surface area (Å²) in [6.45, 7) is 4.24. The molecule has 4 heteroatoms. The van der Waals surface area contributed by atoms with Gasteiger partial charge in [-0.2, -0.15) is 0 Å². The van der Waals surface area contributed by atoms with Crippen molar-refractivity contribution < 1.29 is 18.9 Å². The van der Waals surface area contributed by atoms with Crippen LogP contribution in [0.4, 0.5) is 0 Å². The summed E-state index contributed by atoms with van der Waals surface area (Å²) in [4.78, 5) is 0. The van der Waals surface area contributed by atoms with Crippen molar-refractivity contribution in [1.29, 1.82) is 0 Å². The average molecular weight is 292 g/mol. The minimum Gasteiger partial charge on any atom is -0.466 e. The molecule has 1 atom stereocenters. The van der Waals surface area contributed by atoms with Gasteiger partial charge in [0.15, 0.2) is 18.8 Å². The molecular formula is C17H24O4. The molecular weight excluding hydrogens is 268 g/mol. The zero-order valence-corrected chi connectivity index (χ0v) is 13.3. The summed E-state index contributed by atoms with van der Waals surface area (Å²) in [5, 5.41) is 0. The van der Waals surface area contributed by atoms with Gasteiger partial charge in [-0.25, -0.2) is 0 Å². The highest BCUT2D eigenvalue weighted by Gasteiger charge is 2.25. The largest absolute Gasteiger partial charge is 0.466 e. The zero-order valence-electron chi connectivity index (χ0n) is 13.3. The maximum absolute atomic E-state index is 5.88. The van der Waals surface area contributed by atoms with E-state index in [2.05, 4.69) is 25.1 Å². The van der Waals surface area contributed by atoms with Gasteiger partial charge in [0.2, 0.25) is 0 Å². The summed E-state index contributed by atoms with van der Waals surface area (Å²) < 4.78 is 22.0. The van der Waals surface area contributed by atoms with E-state index < -0.39 is 0 Å². The Morgan fingerprint density at radius 2 is 2.00 bits per heavy atom. The molecule has 0 N–H and O–H groups in total. The van der Waals surface area contributed by atoms with Crippen molar-refractivity contribution in [2.75, 3.05) is 21.0 Å². The predicted octanol–water partition coefficient (Wildman–Crippen LogP) is 3.49. The Kier molecular flexibility index (Phi) is 5.65. The van der Waals surface area contributed by atoms with Gasteiger partial charge in [-0.15, -0.1) is 0 Å². The van der Waals surface area contributed by atoms with Gasteiger partial charge < -0.3 is 18.9 Å². The molecule has 1 aromatic rings. The van der Waals surface area contributed by atoms with Gasteiger partial charge in [0.1, 0.15) is 5.76 Å². The van der Waals surface area contributed by atoms with Crippen LogP contribution in [0.25, 0.3) is 5.76 Å². The summed E-state index contributed by atoms with van der Waals surface area (Å²) in [7, 11) is 3.25. The Morgan fingerprint density at radius 1 is 1.19 bits per heavy atom. The molecule has 0 aromatic heterocycles. The molecule has 2 rings (SSSR count). The Bertz CT molecular complexity index is 508. The second kappa shape index (κ2) is 7.48. The number of fused-ring (bicyclic) bond motifs is 1. The number of aryl methyl sites for hydroxylation is 2. The molecule has 0 fully saturated rings. The molecule has 0 amide bonds. The zero-order chi connectivity index (χ0) is 15.2. The highest BCUT2D eigenvalue weighted by atomic mass is 16.7. The molecule has 1 aliphatic carbocycles. The molecule has 0 bridgehead atoms. The van der Waals surface area contributed by atoms with Crippen LogP contribution in [0.2, 0.25) is 0 Å². The monoisotopic (exact) mass is 292 g/mol. The van der Waals surface area contributed by atoms with Crippen LogP contribution in [-0.4, -0.2) is 27.3 Å². The van der Waals surface area contributed by atoms with Crippen LogP contribution in [0.3, 0.4) is 0 Å². The van der Waals surface area contributed by atoms with Gasteiger partial charge in [0, 0.05) is 26.2 Å². The molecule has 1 aromatic carbocycles. The summed E-state index contributed by atoms with van der Waals surface area (Å²) >= 11 is 0. The van der Waals surface area contributed by atoms with Crippen molar-refractivity contribution >= 4 is 5.76 Å². The quantitative estimate of drug-likeness (QED) is 0.721. The third-order valence-electron chi connectivity index (χ3n) is 3.68. The van der Waals surface area contributed by atoms with Crippen molar-refractivity contribution in [1.82, 2.24) is 0 Å². The van der Waals surface area contributed by atoms with E-state index in [-0.39, 0.29) is 13.1 Å². The first-order chi connectivity index (χ1) is 10.2. The van der Waals surface area contributed by atoms with E-state index in [0.717, 1.165) is 36.3 Å². The first kappa shape index (κ1) is 15.9. The Hall–Kier alpha value is -1.52. The van der Waals surface area contributed by atoms with E-state index in [4.69, 9.17) is 18.9 Å². The fraction of sp³-hybridized carbons (Fsp3) is 0.529. The van der Waals surface area contributed by atoms with Crippen molar-refractivity contribution in [2.24, 2.45) is 0 Å². The van der Waals surface area contributed by atoms with Crippen LogP contribution in [-0.2, 0) is 31.8 Å². The van der Waals surface area contributed by atoms with Crippen molar-refractivity contribution in [2.45, 2.75) is 39.4 Å². The van der Waals surface area contributed by atoms with Crippen molar-refractivity contribution in [3.63, 3.8) is 0 Å². The second-order valence-electron chi connectivity index (χ2n) is 5.03. The van der Waals surface area contributed by atoms with Crippen molar-refractivity contribution in [3.8, 4) is 0 Å². The van der Waals surface area contributed by atoms with E-state index in [1.807, 2.05) is 6.92 Å². The molecule has 0 aliphatic heterocycles. The van der Waals surface area contributed by atoms with E-state index in [0.29, 0.717) is 0 Å². The van der Waals surface area contributed by atoms with E-state index in [1.54, 1.807) is 14.2 Å². The predicted molar refractivity (Wildman–Crippen MR) is 81.6 cm³/mol. The Balaban J connectivity index is 2.43. The lowest BCUT2D eigenvalue weighted by atomic mass is 9.90. The lowest BCUT2D eigenvalue weighted by Crippen LogP contribution is -2.17. The van der Waals surface area contributed by atoms with Crippen LogP contribution in [0.1, 0.15) is 37.0 Å². The smallest absolute Gasteiger partial charge is 0.196 e. The van der Waals surface area contributed by atoms with Gasteiger partial charge in [-0.3, -0.25) is 0 Å². The molecule has 0 saturated heterocycles. The van der Waals surface area contributed by atoms with E-state index >= 15 is 0 Å². The molecule has 1 aliphatic rings. The molecule has 4 nitrogen and oxygen atoms in total. The lowest BCUT2D eigenvalue weighted by molar-refractivity contribution is -0.0851. The Morgan fingerprint density at radius 3 is 2.67 bits per heavy atom. The SMILES string of the molecule is CCc1cccc2c1C(OCOC)=C(OC(C)OC)CC2. The van der Waals surface area contributed by atoms with Crippen molar-refractivity contribution in [3.05, 3.63) is 40.6 Å². The van der Waals surface area contributed by atoms with Gasteiger partial charge in [-0.1, -0.05) is 25.1 Å². The van der Waals surface area contributed by atoms with Gasteiger partial charge in [0.25, 0.3) is 0 Å². The first-order valence-corrected chi connectivity index (χ1v) is 7.36. The molecule has 0 heterocycles. The van der Waals surface area contributed by atoms with E-state index in [1.165, 1.54) is 11.1 Å². The van der Waals surface area contributed by atoms with E-state index in [9.17, 15) is 0 Å². The lowest BCUT2D eigenvalue weighted by Gasteiger charge is -2.26. The van der Waals surface area contributed by atoms with Gasteiger partial charge in [0.05, 0.1) is 0 Å². The minimum absolute atomic E-state index is 0.209. The normalized spacial score (nSPS) is 15.6. The van der Waals surface area contributed by atoms with Crippen LogP contribution in [0.5, 0.6) is 0 Å². The van der Waals surface area contributed by atoms with Crippen LogP contribution >= 0.6 is 0 Å². The van der Waals surface area contributed by atoms with Crippen LogP contribution in [0.15, 0.2) is 24.0 Å². The molecule has 116 valence electrons. The minimum atomic E-state index is -0.295. The number of hydrogen-bond acceptors (Lipinski definition) is 4. The molecule has 0 radical (unpaired) electrons. The second-order valence-corrected chi connectivity index (χ2v) is 5.03. The van der Waals surface area contributed by atoms with Gasteiger partial charge >= 0.3 is 0 Å². The highest BCUT2D eigenvalue weighted by Crippen LogP contribution is 2.35. The summed E-state index contributed by atoms with van der Waals surface area (Å²) in [6, 6.07) is 6.40. The molecule has 0 saturated carbocycles. The molecule has 0 spiro atoms. The maximum atomic E-state index is 5.88. The van der Waals surface area contributed by atoms with Crippen LogP contribution in [0, 0.1) is 0 Å². The number of rotatable bonds is 7. The fourth-order valence-electron chi connectivity index (χ4n) is 2.58. The molecule has 21 heavy (non-hydrogen) atoms. The number of ether oxygens (including phenoxy) is 4. The number of methoxy groups -OCH3 is 2. The highest BCUT2D eigenvalue weighted by molar-refractivity contribution is 5.70. The average Bonchev–Trinajstić information content (AvgIpc) is 2.52. The summed E-state index contributed by atoms with van der Waals surface area (Å²) in [5.41, 5.74) is 3.73. The fourth-order valence-corrected chi connectivity index (χ4v) is 2.58. The van der Waals surface area contributed by atoms with Gasteiger partial charge in [-0.05, 0) is 30.9 Å². The first-order valence-electron chi connectivity index (χ1n) is 7.36. The standard InChI is InChI=1S/C17H24O4/c1-5-13-7-6-8-14-9-10-15(21-12(2)19-4)17(16(13)14)20-11-18-3/h6-8,12H,5,9-11H2,1-4H3. The maximum Gasteiger partial charge on any atom is 0.196 e. The number of hydrogen-bond donors (Lipinski definition) is 0. The number of allylic oxidation sites excluding steroid dienone is 1. The third-order valence-corrected chi connectivity index (χ3v) is 3.68.